The van der Waals surface area contributed by atoms with Gasteiger partial charge >= 0.3 is 0 Å². The maximum atomic E-state index is 10.9. The van der Waals surface area contributed by atoms with E-state index in [2.05, 4.69) is 0 Å². The van der Waals surface area contributed by atoms with Gasteiger partial charge in [0.05, 0.1) is 6.26 Å². The zero-order valence-corrected chi connectivity index (χ0v) is 7.39. The molecule has 0 aromatic carbocycles. The first-order valence-corrected chi connectivity index (χ1v) is 6.09. The molecular weight excluding hydrogens is 190 g/mol. The molecule has 7 heteroatoms. The molecule has 0 spiro atoms. The number of hydrogen-bond acceptors (Lipinski definition) is 4. The van der Waals surface area contributed by atoms with Crippen molar-refractivity contribution in [1.29, 1.82) is 0 Å². The van der Waals surface area contributed by atoms with Gasteiger partial charge in [-0.15, -0.1) is 0 Å². The fourth-order valence-electron chi connectivity index (χ4n) is 0.747. The normalized spacial score (nSPS) is 24.1. The smallest absolute Gasteiger partial charge is 0.212 e. The summed E-state index contributed by atoms with van der Waals surface area (Å²) < 4.78 is 43.7. The molecule has 1 rings (SSSR count). The van der Waals surface area contributed by atoms with Crippen molar-refractivity contribution in [2.45, 2.75) is 0 Å². The van der Waals surface area contributed by atoms with Crippen molar-refractivity contribution >= 4 is 20.0 Å². The van der Waals surface area contributed by atoms with Crippen molar-refractivity contribution in [2.75, 3.05) is 12.8 Å². The van der Waals surface area contributed by atoms with Crippen LogP contribution in [0.25, 0.3) is 0 Å². The van der Waals surface area contributed by atoms with Gasteiger partial charge in [-0.2, -0.15) is 0 Å². The first-order valence-electron chi connectivity index (χ1n) is 2.73. The summed E-state index contributed by atoms with van der Waals surface area (Å²) in [6, 6.07) is 0. The Morgan fingerprint density at radius 1 is 1.45 bits per heavy atom. The zero-order valence-electron chi connectivity index (χ0n) is 5.76. The molecule has 0 N–H and O–H groups in total. The molecule has 64 valence electrons. The SMILES string of the molecule is CS(=O)(=O)N1CC=CS1(=O)=O. The maximum Gasteiger partial charge on any atom is 0.249 e. The molecular formula is C4H7NO4S2. The minimum absolute atomic E-state index is 0.0822. The third-order valence-electron chi connectivity index (χ3n) is 1.18. The second-order valence-corrected chi connectivity index (χ2v) is 6.02. The van der Waals surface area contributed by atoms with Crippen LogP contribution in [0.1, 0.15) is 0 Å². The van der Waals surface area contributed by atoms with E-state index in [0.29, 0.717) is 3.71 Å². The Kier molecular flexibility index (Phi) is 1.81. The summed E-state index contributed by atoms with van der Waals surface area (Å²) in [6.45, 7) is -0.0822. The highest BCUT2D eigenvalue weighted by molar-refractivity contribution is 8.05. The summed E-state index contributed by atoms with van der Waals surface area (Å²) in [4.78, 5) is 0. The highest BCUT2D eigenvalue weighted by Gasteiger charge is 2.31. The molecule has 0 atom stereocenters. The summed E-state index contributed by atoms with van der Waals surface area (Å²) in [5, 5.41) is 0.883. The predicted octanol–water partition coefficient (Wildman–Crippen LogP) is -0.895. The van der Waals surface area contributed by atoms with E-state index >= 15 is 0 Å². The van der Waals surface area contributed by atoms with Crippen LogP contribution in [0.2, 0.25) is 0 Å². The molecule has 0 aliphatic carbocycles. The summed E-state index contributed by atoms with van der Waals surface area (Å²) in [5.74, 6) is 0. The molecule has 1 aliphatic rings. The third-order valence-corrected chi connectivity index (χ3v) is 4.75. The molecule has 0 radical (unpaired) electrons. The van der Waals surface area contributed by atoms with Crippen molar-refractivity contribution in [3.8, 4) is 0 Å². The van der Waals surface area contributed by atoms with Crippen molar-refractivity contribution in [3.05, 3.63) is 11.5 Å². The molecule has 1 heterocycles. The van der Waals surface area contributed by atoms with E-state index in [1.165, 1.54) is 6.08 Å². The first-order chi connectivity index (χ1) is 4.84. The monoisotopic (exact) mass is 197 g/mol. The molecule has 0 unspecified atom stereocenters. The molecule has 0 amide bonds. The standard InChI is InChI=1S/C4H7NO4S2/c1-10(6,7)5-3-2-4-11(5,8)9/h2,4H,3H2,1H3. The molecule has 0 saturated heterocycles. The molecule has 11 heavy (non-hydrogen) atoms. The zero-order chi connectivity index (χ0) is 8.70. The van der Waals surface area contributed by atoms with E-state index < -0.39 is 20.0 Å². The molecule has 0 fully saturated rings. The lowest BCUT2D eigenvalue weighted by atomic mass is 10.7. The fraction of sp³-hybridized carbons (Fsp3) is 0.500. The average Bonchev–Trinajstić information content (AvgIpc) is 2.06. The summed E-state index contributed by atoms with van der Waals surface area (Å²) in [7, 11) is -7.31. The number of nitrogens with zero attached hydrogens (tertiary/aromatic N) is 1. The summed E-state index contributed by atoms with van der Waals surface area (Å²) in [5.41, 5.74) is 0. The molecule has 0 aromatic heterocycles. The minimum Gasteiger partial charge on any atom is -0.212 e. The number of hydrogen-bond donors (Lipinski definition) is 0. The Hall–Kier alpha value is -0.400. The lowest BCUT2D eigenvalue weighted by Gasteiger charge is -2.09. The average molecular weight is 197 g/mol. The van der Waals surface area contributed by atoms with Gasteiger partial charge in [0, 0.05) is 12.0 Å². The van der Waals surface area contributed by atoms with Crippen LogP contribution in [0.4, 0.5) is 0 Å². The molecule has 1 aliphatic heterocycles. The lowest BCUT2D eigenvalue weighted by Crippen LogP contribution is -2.31. The van der Waals surface area contributed by atoms with Crippen LogP contribution in [0.5, 0.6) is 0 Å². The molecule has 0 bridgehead atoms. The van der Waals surface area contributed by atoms with E-state index in [1.54, 1.807) is 0 Å². The highest BCUT2D eigenvalue weighted by atomic mass is 32.3. The van der Waals surface area contributed by atoms with Crippen LogP contribution >= 0.6 is 0 Å². The Balaban J connectivity index is 3.17. The Morgan fingerprint density at radius 2 is 2.00 bits per heavy atom. The third kappa shape index (κ3) is 1.60. The quantitative estimate of drug-likeness (QED) is 0.546. The van der Waals surface area contributed by atoms with Gasteiger partial charge in [0.1, 0.15) is 0 Å². The largest absolute Gasteiger partial charge is 0.249 e. The van der Waals surface area contributed by atoms with Crippen LogP contribution < -0.4 is 0 Å². The van der Waals surface area contributed by atoms with Gasteiger partial charge in [-0.1, -0.05) is 9.79 Å². The van der Waals surface area contributed by atoms with Gasteiger partial charge in [-0.25, -0.2) is 16.8 Å². The minimum atomic E-state index is -3.68. The topological polar surface area (TPSA) is 71.5 Å². The summed E-state index contributed by atoms with van der Waals surface area (Å²) >= 11 is 0. The van der Waals surface area contributed by atoms with Crippen molar-refractivity contribution in [2.24, 2.45) is 0 Å². The fourth-order valence-corrected chi connectivity index (χ4v) is 3.52. The maximum absolute atomic E-state index is 10.9. The van der Waals surface area contributed by atoms with Gasteiger partial charge in [0.25, 0.3) is 0 Å². The van der Waals surface area contributed by atoms with E-state index in [4.69, 9.17) is 0 Å². The Labute approximate surface area is 65.4 Å². The van der Waals surface area contributed by atoms with Gasteiger partial charge in [-0.05, 0) is 0 Å². The van der Waals surface area contributed by atoms with E-state index in [-0.39, 0.29) is 6.54 Å². The van der Waals surface area contributed by atoms with E-state index in [1.807, 2.05) is 0 Å². The molecule has 0 aromatic rings. The lowest BCUT2D eigenvalue weighted by molar-refractivity contribution is 0.529. The van der Waals surface area contributed by atoms with Crippen LogP contribution in [-0.2, 0) is 20.0 Å². The number of sulfonamides is 2. The van der Waals surface area contributed by atoms with Gasteiger partial charge in [-0.3, -0.25) is 0 Å². The van der Waals surface area contributed by atoms with Crippen LogP contribution in [0.15, 0.2) is 11.5 Å². The summed E-state index contributed by atoms with van der Waals surface area (Å²) in [6.07, 6.45) is 2.15. The van der Waals surface area contributed by atoms with Gasteiger partial charge in [0.15, 0.2) is 0 Å². The number of rotatable bonds is 1. The van der Waals surface area contributed by atoms with Crippen LogP contribution in [0.3, 0.4) is 0 Å². The second-order valence-electron chi connectivity index (χ2n) is 2.14. The molecule has 0 saturated carbocycles. The van der Waals surface area contributed by atoms with Crippen molar-refractivity contribution in [1.82, 2.24) is 3.71 Å². The predicted molar refractivity (Wildman–Crippen MR) is 39.6 cm³/mol. The van der Waals surface area contributed by atoms with Crippen molar-refractivity contribution in [3.63, 3.8) is 0 Å². The van der Waals surface area contributed by atoms with Gasteiger partial charge in [0.2, 0.25) is 20.0 Å². The van der Waals surface area contributed by atoms with Crippen LogP contribution in [0, 0.1) is 0 Å². The Bertz CT molecular complexity index is 376. The Morgan fingerprint density at radius 3 is 2.18 bits per heavy atom. The van der Waals surface area contributed by atoms with E-state index in [0.717, 1.165) is 11.7 Å². The first kappa shape index (κ1) is 8.69. The molecule has 5 nitrogen and oxygen atoms in total. The van der Waals surface area contributed by atoms with Gasteiger partial charge < -0.3 is 0 Å². The highest BCUT2D eigenvalue weighted by Crippen LogP contribution is 2.14. The second kappa shape index (κ2) is 2.29. The van der Waals surface area contributed by atoms with Crippen LogP contribution in [-0.4, -0.2) is 33.3 Å². The van der Waals surface area contributed by atoms with E-state index in [9.17, 15) is 16.8 Å². The van der Waals surface area contributed by atoms with Crippen molar-refractivity contribution < 1.29 is 16.8 Å².